The minimum atomic E-state index is -5.72. The second-order valence-electron chi connectivity index (χ2n) is 3.79. The van der Waals surface area contributed by atoms with Crippen LogP contribution in [0.2, 0.25) is 0 Å². The Morgan fingerprint density at radius 1 is 1.15 bits per heavy atom. The van der Waals surface area contributed by atoms with Gasteiger partial charge in [0.1, 0.15) is 0 Å². The number of alkyl halides is 3. The summed E-state index contributed by atoms with van der Waals surface area (Å²) < 4.78 is 62.9. The fourth-order valence-electron chi connectivity index (χ4n) is 1.56. The molecule has 0 heterocycles. The topological polar surface area (TPSA) is 67.2 Å². The first kappa shape index (κ1) is 14.1. The first-order valence-corrected chi connectivity index (χ1v) is 6.59. The average molecular weight is 301 g/mol. The summed E-state index contributed by atoms with van der Waals surface area (Å²) >= 11 is 0. The zero-order chi connectivity index (χ0) is 15.0. The lowest BCUT2D eigenvalue weighted by Gasteiger charge is -2.11. The number of rotatable bonds is 2. The Labute approximate surface area is 112 Å². The quantitative estimate of drug-likeness (QED) is 0.632. The number of halogens is 3. The second-order valence-corrected chi connectivity index (χ2v) is 5.32. The highest BCUT2D eigenvalue weighted by Crippen LogP contribution is 2.31. The van der Waals surface area contributed by atoms with Gasteiger partial charge in [-0.15, -0.1) is 0 Å². The number of benzene rings is 2. The fraction of sp³-hybridized carbons (Fsp3) is 0.0833. The largest absolute Gasteiger partial charge is 0.534 e. The highest BCUT2D eigenvalue weighted by atomic mass is 32.2. The number of hydrogen-bond donors (Lipinski definition) is 0. The van der Waals surface area contributed by atoms with E-state index in [9.17, 15) is 21.6 Å². The lowest BCUT2D eigenvalue weighted by Crippen LogP contribution is -2.28. The van der Waals surface area contributed by atoms with Crippen molar-refractivity contribution in [1.29, 1.82) is 5.26 Å². The molecule has 0 aliphatic carbocycles. The smallest absolute Gasteiger partial charge is 0.375 e. The van der Waals surface area contributed by atoms with Crippen molar-refractivity contribution in [1.82, 2.24) is 0 Å². The van der Waals surface area contributed by atoms with E-state index in [1.54, 1.807) is 0 Å². The molecule has 0 saturated heterocycles. The van der Waals surface area contributed by atoms with Gasteiger partial charge >= 0.3 is 15.6 Å². The number of nitriles is 1. The van der Waals surface area contributed by atoms with E-state index in [0.717, 1.165) is 6.07 Å². The van der Waals surface area contributed by atoms with Gasteiger partial charge in [-0.25, -0.2) is 0 Å². The third kappa shape index (κ3) is 2.53. The number of hydrogen-bond acceptors (Lipinski definition) is 4. The van der Waals surface area contributed by atoms with Gasteiger partial charge in [-0.1, -0.05) is 12.1 Å². The lowest BCUT2D eigenvalue weighted by atomic mass is 10.1. The van der Waals surface area contributed by atoms with E-state index in [1.165, 1.54) is 30.3 Å². The predicted octanol–water partition coefficient (Wildman–Crippen LogP) is 2.94. The molecule has 0 aliphatic rings. The molecule has 0 radical (unpaired) electrons. The SMILES string of the molecule is N#Cc1ccc2c(OS(=O)(=O)C(F)(F)F)cccc2c1. The van der Waals surface area contributed by atoms with Crippen LogP contribution in [0.4, 0.5) is 13.2 Å². The molecule has 0 saturated carbocycles. The molecule has 0 bridgehead atoms. The van der Waals surface area contributed by atoms with Crippen molar-refractivity contribution in [2.75, 3.05) is 0 Å². The molecule has 4 nitrogen and oxygen atoms in total. The van der Waals surface area contributed by atoms with Crippen molar-refractivity contribution >= 4 is 20.9 Å². The van der Waals surface area contributed by atoms with Crippen molar-refractivity contribution in [2.45, 2.75) is 5.51 Å². The van der Waals surface area contributed by atoms with Gasteiger partial charge in [-0.3, -0.25) is 0 Å². The van der Waals surface area contributed by atoms with E-state index in [4.69, 9.17) is 5.26 Å². The minimum Gasteiger partial charge on any atom is -0.375 e. The maximum atomic E-state index is 12.3. The van der Waals surface area contributed by atoms with Crippen molar-refractivity contribution in [3.63, 3.8) is 0 Å². The second kappa shape index (κ2) is 4.68. The number of nitrogens with zero attached hydrogens (tertiary/aromatic N) is 1. The molecule has 0 unspecified atom stereocenters. The van der Waals surface area contributed by atoms with E-state index in [1.807, 2.05) is 6.07 Å². The molecule has 0 atom stereocenters. The standard InChI is InChI=1S/C12H6F3NO3S/c13-12(14,15)20(17,18)19-11-3-1-2-9-6-8(7-16)4-5-10(9)11/h1-6H. The Bertz CT molecular complexity index is 807. The van der Waals surface area contributed by atoms with E-state index in [-0.39, 0.29) is 5.39 Å². The van der Waals surface area contributed by atoms with Gasteiger partial charge in [0.05, 0.1) is 11.6 Å². The highest BCUT2D eigenvalue weighted by molar-refractivity contribution is 7.88. The van der Waals surface area contributed by atoms with Crippen LogP contribution in [-0.4, -0.2) is 13.9 Å². The molecule has 104 valence electrons. The number of fused-ring (bicyclic) bond motifs is 1. The van der Waals surface area contributed by atoms with Gasteiger partial charge in [0, 0.05) is 5.39 Å². The van der Waals surface area contributed by atoms with Crippen LogP contribution >= 0.6 is 0 Å². The molecule has 0 aliphatic heterocycles. The van der Waals surface area contributed by atoms with Gasteiger partial charge in [0.2, 0.25) is 0 Å². The summed E-state index contributed by atoms with van der Waals surface area (Å²) in [7, 11) is -5.72. The highest BCUT2D eigenvalue weighted by Gasteiger charge is 2.48. The summed E-state index contributed by atoms with van der Waals surface area (Å²) in [5.41, 5.74) is -5.20. The molecule has 2 aromatic carbocycles. The Morgan fingerprint density at radius 3 is 2.45 bits per heavy atom. The molecule has 2 rings (SSSR count). The predicted molar refractivity (Wildman–Crippen MR) is 64.3 cm³/mol. The molecule has 2 aromatic rings. The van der Waals surface area contributed by atoms with E-state index in [0.29, 0.717) is 10.9 Å². The minimum absolute atomic E-state index is 0.166. The van der Waals surface area contributed by atoms with Crippen LogP contribution in [0.25, 0.3) is 10.8 Å². The summed E-state index contributed by atoms with van der Waals surface area (Å²) in [6.07, 6.45) is 0. The van der Waals surface area contributed by atoms with Gasteiger partial charge in [-0.05, 0) is 29.7 Å². The van der Waals surface area contributed by atoms with Gasteiger partial charge in [0.25, 0.3) is 0 Å². The lowest BCUT2D eigenvalue weighted by molar-refractivity contribution is -0.0499. The van der Waals surface area contributed by atoms with E-state index in [2.05, 4.69) is 4.18 Å². The molecule has 0 fully saturated rings. The van der Waals surface area contributed by atoms with Gasteiger partial charge in [-0.2, -0.15) is 26.9 Å². The molecule has 20 heavy (non-hydrogen) atoms. The van der Waals surface area contributed by atoms with Crippen LogP contribution in [-0.2, 0) is 10.1 Å². The molecule has 0 aromatic heterocycles. The van der Waals surface area contributed by atoms with E-state index >= 15 is 0 Å². The van der Waals surface area contributed by atoms with E-state index < -0.39 is 21.4 Å². The summed E-state index contributed by atoms with van der Waals surface area (Å²) in [4.78, 5) is 0. The van der Waals surface area contributed by atoms with Crippen LogP contribution in [0.15, 0.2) is 36.4 Å². The van der Waals surface area contributed by atoms with Crippen LogP contribution in [0.1, 0.15) is 5.56 Å². The Kier molecular flexibility index (Phi) is 3.31. The Balaban J connectivity index is 2.55. The normalized spacial score (nSPS) is 12.1. The zero-order valence-corrected chi connectivity index (χ0v) is 10.5. The molecule has 0 N–H and O–H groups in total. The fourth-order valence-corrected chi connectivity index (χ4v) is 2.04. The monoisotopic (exact) mass is 301 g/mol. The molecular formula is C12H6F3NO3S. The summed E-state index contributed by atoms with van der Waals surface area (Å²) in [5, 5.41) is 9.30. The van der Waals surface area contributed by atoms with Gasteiger partial charge < -0.3 is 4.18 Å². The summed E-state index contributed by atoms with van der Waals surface area (Å²) in [5.74, 6) is -0.440. The van der Waals surface area contributed by atoms with Crippen LogP contribution in [0.3, 0.4) is 0 Å². The molecule has 8 heteroatoms. The molecule has 0 amide bonds. The van der Waals surface area contributed by atoms with Crippen LogP contribution in [0, 0.1) is 11.3 Å². The van der Waals surface area contributed by atoms with Crippen LogP contribution < -0.4 is 4.18 Å². The zero-order valence-electron chi connectivity index (χ0n) is 9.68. The molecule has 0 spiro atoms. The maximum absolute atomic E-state index is 12.3. The third-order valence-electron chi connectivity index (χ3n) is 2.45. The van der Waals surface area contributed by atoms with Crippen molar-refractivity contribution in [3.05, 3.63) is 42.0 Å². The van der Waals surface area contributed by atoms with Crippen molar-refractivity contribution in [3.8, 4) is 11.8 Å². The van der Waals surface area contributed by atoms with Crippen LogP contribution in [0.5, 0.6) is 5.75 Å². The first-order valence-electron chi connectivity index (χ1n) is 5.18. The van der Waals surface area contributed by atoms with Gasteiger partial charge in [0.15, 0.2) is 5.75 Å². The summed E-state index contributed by atoms with van der Waals surface area (Å²) in [6, 6.07) is 9.95. The summed E-state index contributed by atoms with van der Waals surface area (Å²) in [6.45, 7) is 0. The Hall–Kier alpha value is -2.27. The first-order chi connectivity index (χ1) is 9.24. The third-order valence-corrected chi connectivity index (χ3v) is 3.42. The average Bonchev–Trinajstić information content (AvgIpc) is 2.36. The molecular weight excluding hydrogens is 295 g/mol. The Morgan fingerprint density at radius 2 is 1.85 bits per heavy atom. The van der Waals surface area contributed by atoms with Crippen molar-refractivity contribution < 1.29 is 25.8 Å². The maximum Gasteiger partial charge on any atom is 0.534 e. The van der Waals surface area contributed by atoms with Crippen molar-refractivity contribution in [2.24, 2.45) is 0 Å².